The summed E-state index contributed by atoms with van der Waals surface area (Å²) >= 11 is 0. The molecule has 1 unspecified atom stereocenters. The maximum Gasteiger partial charge on any atom is 0.346 e. The molecule has 0 aliphatic rings. The van der Waals surface area contributed by atoms with Crippen LogP contribution in [0.3, 0.4) is 0 Å². The lowest BCUT2D eigenvalue weighted by Crippen LogP contribution is -2.49. The van der Waals surface area contributed by atoms with E-state index in [0.717, 1.165) is 12.8 Å². The van der Waals surface area contributed by atoms with Crippen LogP contribution in [0.15, 0.2) is 0 Å². The van der Waals surface area contributed by atoms with Crippen molar-refractivity contribution in [1.82, 2.24) is 0 Å². The molecule has 14 heavy (non-hydrogen) atoms. The second-order valence-electron chi connectivity index (χ2n) is 3.20. The number of hydrogen-bond acceptors (Lipinski definition) is 4. The third kappa shape index (κ3) is 3.08. The third-order valence-electron chi connectivity index (χ3n) is 2.05. The molecule has 0 aliphatic carbocycles. The van der Waals surface area contributed by atoms with Crippen LogP contribution < -0.4 is 0 Å². The smallest absolute Gasteiger partial charge is 0.346 e. The Labute approximate surface area is 82.4 Å². The van der Waals surface area contributed by atoms with Crippen molar-refractivity contribution < 1.29 is 24.9 Å². The largest absolute Gasteiger partial charge is 0.479 e. The molecular formula is C9H16O5. The zero-order valence-electron chi connectivity index (χ0n) is 8.19. The highest BCUT2D eigenvalue weighted by molar-refractivity contribution is 6.06. The number of carboxylic acids is 1. The first kappa shape index (κ1) is 13.1. The van der Waals surface area contributed by atoms with Crippen molar-refractivity contribution in [3.63, 3.8) is 0 Å². The summed E-state index contributed by atoms with van der Waals surface area (Å²) in [6.45, 7) is 0.868. The van der Waals surface area contributed by atoms with E-state index in [-0.39, 0.29) is 6.42 Å². The first-order valence-corrected chi connectivity index (χ1v) is 4.59. The topological polar surface area (TPSA) is 94.8 Å². The molecule has 0 bridgehead atoms. The summed E-state index contributed by atoms with van der Waals surface area (Å²) in [5, 5.41) is 26.4. The lowest BCUT2D eigenvalue weighted by molar-refractivity contribution is -0.169. The Morgan fingerprint density at radius 2 is 1.86 bits per heavy atom. The van der Waals surface area contributed by atoms with E-state index in [2.05, 4.69) is 0 Å². The van der Waals surface area contributed by atoms with Crippen LogP contribution in [0.2, 0.25) is 0 Å². The highest BCUT2D eigenvalue weighted by atomic mass is 16.4. The molecule has 0 rings (SSSR count). The van der Waals surface area contributed by atoms with Crippen molar-refractivity contribution in [3.05, 3.63) is 0 Å². The van der Waals surface area contributed by atoms with Gasteiger partial charge in [-0.15, -0.1) is 0 Å². The van der Waals surface area contributed by atoms with Crippen LogP contribution >= 0.6 is 0 Å². The van der Waals surface area contributed by atoms with Crippen LogP contribution in [0.1, 0.15) is 32.6 Å². The summed E-state index contributed by atoms with van der Waals surface area (Å²) < 4.78 is 0. The van der Waals surface area contributed by atoms with Gasteiger partial charge in [0.2, 0.25) is 5.60 Å². The lowest BCUT2D eigenvalue weighted by atomic mass is 9.95. The lowest BCUT2D eigenvalue weighted by Gasteiger charge is -2.18. The molecule has 0 aromatic carbocycles. The van der Waals surface area contributed by atoms with Gasteiger partial charge >= 0.3 is 5.97 Å². The van der Waals surface area contributed by atoms with Crippen LogP contribution in [0.5, 0.6) is 0 Å². The second kappa shape index (κ2) is 5.72. The van der Waals surface area contributed by atoms with E-state index >= 15 is 0 Å². The summed E-state index contributed by atoms with van der Waals surface area (Å²) in [6.07, 6.45) is 2.22. The molecule has 0 amide bonds. The van der Waals surface area contributed by atoms with Crippen molar-refractivity contribution in [2.75, 3.05) is 6.61 Å². The number of aliphatic carboxylic acids is 1. The van der Waals surface area contributed by atoms with Crippen LogP contribution in [0.4, 0.5) is 0 Å². The van der Waals surface area contributed by atoms with Crippen molar-refractivity contribution in [3.8, 4) is 0 Å². The van der Waals surface area contributed by atoms with Gasteiger partial charge in [0.25, 0.3) is 0 Å². The number of aliphatic hydroxyl groups is 2. The summed E-state index contributed by atoms with van der Waals surface area (Å²) in [6, 6.07) is 0. The Bertz CT molecular complexity index is 213. The zero-order valence-corrected chi connectivity index (χ0v) is 8.19. The van der Waals surface area contributed by atoms with E-state index in [4.69, 9.17) is 10.2 Å². The molecule has 82 valence electrons. The molecule has 3 N–H and O–H groups in total. The number of ketones is 1. The van der Waals surface area contributed by atoms with Gasteiger partial charge in [-0.05, 0) is 6.42 Å². The average Bonchev–Trinajstić information content (AvgIpc) is 2.16. The van der Waals surface area contributed by atoms with E-state index in [1.54, 1.807) is 0 Å². The van der Waals surface area contributed by atoms with Gasteiger partial charge in [-0.1, -0.05) is 19.8 Å². The Morgan fingerprint density at radius 3 is 2.21 bits per heavy atom. The molecule has 0 aromatic rings. The van der Waals surface area contributed by atoms with Gasteiger partial charge in [0.15, 0.2) is 5.78 Å². The van der Waals surface area contributed by atoms with Crippen LogP contribution in [-0.4, -0.2) is 39.3 Å². The molecule has 0 radical (unpaired) electrons. The first-order valence-electron chi connectivity index (χ1n) is 4.59. The van der Waals surface area contributed by atoms with E-state index in [0.29, 0.717) is 6.42 Å². The molecule has 0 aromatic heterocycles. The third-order valence-corrected chi connectivity index (χ3v) is 2.05. The zero-order chi connectivity index (χ0) is 11.2. The number of carboxylic acid groups (broad SMARTS) is 1. The molecule has 0 saturated carbocycles. The van der Waals surface area contributed by atoms with Crippen molar-refractivity contribution in [2.24, 2.45) is 0 Å². The van der Waals surface area contributed by atoms with Gasteiger partial charge in [0.05, 0.1) is 6.61 Å². The van der Waals surface area contributed by atoms with Crippen molar-refractivity contribution in [2.45, 2.75) is 38.2 Å². The van der Waals surface area contributed by atoms with Crippen LogP contribution in [-0.2, 0) is 9.59 Å². The molecule has 0 saturated heterocycles. The van der Waals surface area contributed by atoms with Gasteiger partial charge in [0, 0.05) is 6.42 Å². The van der Waals surface area contributed by atoms with Gasteiger partial charge in [-0.3, -0.25) is 4.79 Å². The maximum absolute atomic E-state index is 11.2. The van der Waals surface area contributed by atoms with Gasteiger partial charge in [-0.2, -0.15) is 0 Å². The Morgan fingerprint density at radius 1 is 1.29 bits per heavy atom. The molecule has 1 atom stereocenters. The Balaban J connectivity index is 4.25. The molecule has 5 nitrogen and oxygen atoms in total. The number of rotatable bonds is 7. The van der Waals surface area contributed by atoms with E-state index in [1.165, 1.54) is 0 Å². The van der Waals surface area contributed by atoms with Crippen molar-refractivity contribution >= 4 is 11.8 Å². The summed E-state index contributed by atoms with van der Waals surface area (Å²) in [7, 11) is 0. The van der Waals surface area contributed by atoms with Crippen molar-refractivity contribution in [1.29, 1.82) is 0 Å². The fourth-order valence-electron chi connectivity index (χ4n) is 1.02. The Kier molecular flexibility index (Phi) is 5.34. The van der Waals surface area contributed by atoms with Crippen LogP contribution in [0, 0.1) is 0 Å². The average molecular weight is 204 g/mol. The maximum atomic E-state index is 11.2. The Hall–Kier alpha value is -0.940. The van der Waals surface area contributed by atoms with Crippen LogP contribution in [0.25, 0.3) is 0 Å². The number of unbranched alkanes of at least 4 members (excludes halogenated alkanes) is 2. The van der Waals surface area contributed by atoms with E-state index in [9.17, 15) is 14.7 Å². The SMILES string of the molecule is CCCCCC(=O)C(O)(CO)C(=O)O. The van der Waals surface area contributed by atoms with Gasteiger partial charge in [0.1, 0.15) is 0 Å². The fourth-order valence-corrected chi connectivity index (χ4v) is 1.02. The second-order valence-corrected chi connectivity index (χ2v) is 3.20. The number of carbonyl (C=O) groups excluding carboxylic acids is 1. The molecule has 0 fully saturated rings. The fraction of sp³-hybridized carbons (Fsp3) is 0.778. The monoisotopic (exact) mass is 204 g/mol. The molecule has 5 heteroatoms. The molecule has 0 aliphatic heterocycles. The van der Waals surface area contributed by atoms with Gasteiger partial charge < -0.3 is 15.3 Å². The number of carbonyl (C=O) groups is 2. The number of hydrogen-bond donors (Lipinski definition) is 3. The predicted octanol–water partition coefficient (Wildman–Crippen LogP) is -0.0562. The molecular weight excluding hydrogens is 188 g/mol. The summed E-state index contributed by atoms with van der Waals surface area (Å²) in [5.74, 6) is -2.53. The predicted molar refractivity (Wildman–Crippen MR) is 48.8 cm³/mol. The molecule has 0 heterocycles. The quantitative estimate of drug-likeness (QED) is 0.399. The van der Waals surface area contributed by atoms with Gasteiger partial charge in [-0.25, -0.2) is 4.79 Å². The highest BCUT2D eigenvalue weighted by Gasteiger charge is 2.42. The minimum absolute atomic E-state index is 0.0167. The highest BCUT2D eigenvalue weighted by Crippen LogP contribution is 2.11. The van der Waals surface area contributed by atoms with E-state index < -0.39 is 24.0 Å². The summed E-state index contributed by atoms with van der Waals surface area (Å²) in [4.78, 5) is 21.7. The number of Topliss-reactive ketones (excluding diaryl/α,β-unsaturated/α-hetero) is 1. The number of aliphatic hydroxyl groups excluding tert-OH is 1. The molecule has 0 spiro atoms. The summed E-state index contributed by atoms with van der Waals surface area (Å²) in [5.41, 5.74) is -2.62. The minimum atomic E-state index is -2.62. The standard InChI is InChI=1S/C9H16O5/c1-2-3-4-5-7(11)9(14,6-10)8(12)13/h10,14H,2-6H2,1H3,(H,12,13). The first-order chi connectivity index (χ1) is 6.49. The van der Waals surface area contributed by atoms with E-state index in [1.807, 2.05) is 6.92 Å². The minimum Gasteiger partial charge on any atom is -0.479 e. The normalized spacial score (nSPS) is 14.8.